The molecule has 4 N–H and O–H groups in total. The number of aliphatic hydroxyl groups excluding tert-OH is 2. The lowest BCUT2D eigenvalue weighted by atomic mass is 10.1. The summed E-state index contributed by atoms with van der Waals surface area (Å²) in [6.07, 6.45) is -0.977. The predicted octanol–water partition coefficient (Wildman–Crippen LogP) is 0.553. The highest BCUT2D eigenvalue weighted by molar-refractivity contribution is 5.81. The zero-order valence-corrected chi connectivity index (χ0v) is 14.8. The van der Waals surface area contributed by atoms with E-state index in [9.17, 15) is 10.2 Å². The number of aliphatic hydroxyl groups is 2. The molecule has 3 aromatic rings. The van der Waals surface area contributed by atoms with Crippen LogP contribution >= 0.6 is 0 Å². The molecule has 4 atom stereocenters. The molecule has 0 amide bonds. The van der Waals surface area contributed by atoms with E-state index in [1.807, 2.05) is 31.2 Å². The highest BCUT2D eigenvalue weighted by atomic mass is 16.6. The van der Waals surface area contributed by atoms with Crippen molar-refractivity contribution in [3.05, 3.63) is 48.0 Å². The van der Waals surface area contributed by atoms with E-state index in [1.165, 1.54) is 12.7 Å². The van der Waals surface area contributed by atoms with Crippen molar-refractivity contribution in [2.75, 3.05) is 12.3 Å². The normalized spacial score (nSPS) is 25.3. The van der Waals surface area contributed by atoms with E-state index in [0.717, 1.165) is 11.1 Å². The van der Waals surface area contributed by atoms with E-state index in [1.54, 1.807) is 4.57 Å². The molecule has 1 saturated heterocycles. The first-order valence-electron chi connectivity index (χ1n) is 8.63. The summed E-state index contributed by atoms with van der Waals surface area (Å²) in [7, 11) is 0. The minimum absolute atomic E-state index is 0.146. The van der Waals surface area contributed by atoms with Gasteiger partial charge in [0.15, 0.2) is 17.7 Å². The van der Waals surface area contributed by atoms with Crippen LogP contribution in [0.25, 0.3) is 11.2 Å². The van der Waals surface area contributed by atoms with Gasteiger partial charge in [-0.3, -0.25) is 4.57 Å². The topological polar surface area (TPSA) is 129 Å². The van der Waals surface area contributed by atoms with Gasteiger partial charge in [0.1, 0.15) is 30.2 Å². The zero-order valence-electron chi connectivity index (χ0n) is 14.8. The Hall–Kier alpha value is -2.59. The second kappa shape index (κ2) is 7.20. The maximum absolute atomic E-state index is 10.4. The van der Waals surface area contributed by atoms with Crippen molar-refractivity contribution >= 4 is 17.0 Å². The van der Waals surface area contributed by atoms with Crippen molar-refractivity contribution in [3.8, 4) is 0 Å². The molecule has 9 heteroatoms. The van der Waals surface area contributed by atoms with E-state index in [-0.39, 0.29) is 12.4 Å². The second-order valence-electron chi connectivity index (χ2n) is 6.57. The molecule has 4 rings (SSSR count). The molecule has 0 aliphatic carbocycles. The fraction of sp³-hybridized carbons (Fsp3) is 0.389. The molecule has 0 unspecified atom stereocenters. The van der Waals surface area contributed by atoms with Crippen molar-refractivity contribution in [3.63, 3.8) is 0 Å². The summed E-state index contributed by atoms with van der Waals surface area (Å²) in [5.41, 5.74) is 8.84. The summed E-state index contributed by atoms with van der Waals surface area (Å²) < 4.78 is 13.1. The van der Waals surface area contributed by atoms with Gasteiger partial charge in [-0.1, -0.05) is 24.3 Å². The van der Waals surface area contributed by atoms with Crippen molar-refractivity contribution in [2.24, 2.45) is 0 Å². The Morgan fingerprint density at radius 2 is 2.00 bits per heavy atom. The largest absolute Gasteiger partial charge is 0.387 e. The molecule has 142 valence electrons. The Balaban J connectivity index is 1.46. The predicted molar refractivity (Wildman–Crippen MR) is 96.5 cm³/mol. The van der Waals surface area contributed by atoms with Crippen LogP contribution in [-0.2, 0) is 16.1 Å². The van der Waals surface area contributed by atoms with Gasteiger partial charge in [0, 0.05) is 0 Å². The van der Waals surface area contributed by atoms with Crippen LogP contribution in [0.5, 0.6) is 0 Å². The molecule has 2 aromatic heterocycles. The first kappa shape index (κ1) is 17.8. The second-order valence-corrected chi connectivity index (χ2v) is 6.57. The van der Waals surface area contributed by atoms with E-state index in [4.69, 9.17) is 15.2 Å². The average Bonchev–Trinajstić information content (AvgIpc) is 3.21. The summed E-state index contributed by atoms with van der Waals surface area (Å²) >= 11 is 0. The van der Waals surface area contributed by atoms with Crippen molar-refractivity contribution in [2.45, 2.75) is 38.1 Å². The molecular weight excluding hydrogens is 350 g/mol. The minimum Gasteiger partial charge on any atom is -0.387 e. The fourth-order valence-corrected chi connectivity index (χ4v) is 3.21. The maximum atomic E-state index is 10.4. The number of nitrogens with two attached hydrogens (primary N) is 1. The third-order valence-corrected chi connectivity index (χ3v) is 4.80. The van der Waals surface area contributed by atoms with Gasteiger partial charge in [0.2, 0.25) is 0 Å². The number of benzene rings is 1. The van der Waals surface area contributed by atoms with Gasteiger partial charge < -0.3 is 25.4 Å². The number of rotatable bonds is 5. The summed E-state index contributed by atoms with van der Waals surface area (Å²) in [6, 6.07) is 7.91. The number of nitrogen functional groups attached to an aromatic ring is 1. The molecule has 3 heterocycles. The SMILES string of the molecule is Cc1ccccc1COC[C@H]1O[C@@H](n2cnc3c(N)ncnc32)[C@H](O)[C@@H]1O. The minimum atomic E-state index is -1.15. The average molecular weight is 371 g/mol. The monoisotopic (exact) mass is 371 g/mol. The number of hydrogen-bond acceptors (Lipinski definition) is 8. The summed E-state index contributed by atoms with van der Waals surface area (Å²) in [4.78, 5) is 12.2. The standard InChI is InChI=1S/C18H21N5O4/c1-10-4-2-3-5-11(10)6-26-7-12-14(24)15(25)18(27-12)23-9-22-13-16(19)20-8-21-17(13)23/h2-5,8-9,12,14-15,18,24-25H,6-7H2,1H3,(H2,19,20,21)/t12-,14-,15-,18-/m1/s1. The first-order valence-corrected chi connectivity index (χ1v) is 8.63. The molecule has 0 bridgehead atoms. The quantitative estimate of drug-likeness (QED) is 0.593. The van der Waals surface area contributed by atoms with Crippen LogP contribution in [0, 0.1) is 6.92 Å². The van der Waals surface area contributed by atoms with E-state index in [0.29, 0.717) is 17.8 Å². The number of aryl methyl sites for hydroxylation is 1. The maximum Gasteiger partial charge on any atom is 0.167 e. The van der Waals surface area contributed by atoms with Gasteiger partial charge in [0.05, 0.1) is 19.5 Å². The van der Waals surface area contributed by atoms with E-state index < -0.39 is 24.5 Å². The number of aromatic nitrogens is 4. The lowest BCUT2D eigenvalue weighted by Crippen LogP contribution is -2.33. The van der Waals surface area contributed by atoms with Crippen LogP contribution in [0.4, 0.5) is 5.82 Å². The van der Waals surface area contributed by atoms with Gasteiger partial charge in [-0.25, -0.2) is 15.0 Å². The lowest BCUT2D eigenvalue weighted by Gasteiger charge is -2.16. The van der Waals surface area contributed by atoms with Gasteiger partial charge in [-0.15, -0.1) is 0 Å². The summed E-state index contributed by atoms with van der Waals surface area (Å²) in [5, 5.41) is 20.8. The molecular formula is C18H21N5O4. The Labute approximate surface area is 155 Å². The molecule has 1 aromatic carbocycles. The van der Waals surface area contributed by atoms with Gasteiger partial charge in [-0.2, -0.15) is 0 Å². The fourth-order valence-electron chi connectivity index (χ4n) is 3.21. The first-order chi connectivity index (χ1) is 13.1. The summed E-state index contributed by atoms with van der Waals surface area (Å²) in [6.45, 7) is 2.56. The Morgan fingerprint density at radius 1 is 1.19 bits per heavy atom. The van der Waals surface area contributed by atoms with Gasteiger partial charge >= 0.3 is 0 Å². The van der Waals surface area contributed by atoms with Crippen LogP contribution in [0.15, 0.2) is 36.9 Å². The van der Waals surface area contributed by atoms with Crippen LogP contribution < -0.4 is 5.73 Å². The molecule has 1 aliphatic rings. The van der Waals surface area contributed by atoms with Crippen LogP contribution in [-0.4, -0.2) is 54.7 Å². The zero-order chi connectivity index (χ0) is 19.0. The third kappa shape index (κ3) is 3.26. The van der Waals surface area contributed by atoms with Crippen molar-refractivity contribution in [1.29, 1.82) is 0 Å². The highest BCUT2D eigenvalue weighted by Crippen LogP contribution is 2.32. The molecule has 9 nitrogen and oxygen atoms in total. The highest BCUT2D eigenvalue weighted by Gasteiger charge is 2.44. The van der Waals surface area contributed by atoms with E-state index >= 15 is 0 Å². The lowest BCUT2D eigenvalue weighted by molar-refractivity contribution is -0.0683. The Morgan fingerprint density at radius 3 is 2.81 bits per heavy atom. The Kier molecular flexibility index (Phi) is 4.75. The molecule has 27 heavy (non-hydrogen) atoms. The number of anilines is 1. The smallest absolute Gasteiger partial charge is 0.167 e. The van der Waals surface area contributed by atoms with Crippen LogP contribution in [0.1, 0.15) is 17.4 Å². The number of hydrogen-bond donors (Lipinski definition) is 3. The number of nitrogens with zero attached hydrogens (tertiary/aromatic N) is 4. The van der Waals surface area contributed by atoms with Crippen molar-refractivity contribution in [1.82, 2.24) is 19.5 Å². The molecule has 1 fully saturated rings. The molecule has 0 radical (unpaired) electrons. The number of imidazole rings is 1. The van der Waals surface area contributed by atoms with Crippen LogP contribution in [0.2, 0.25) is 0 Å². The number of ether oxygens (including phenoxy) is 2. The summed E-state index contributed by atoms with van der Waals surface area (Å²) in [5.74, 6) is 0.241. The third-order valence-electron chi connectivity index (χ3n) is 4.80. The number of fused-ring (bicyclic) bond motifs is 1. The molecule has 0 spiro atoms. The van der Waals surface area contributed by atoms with Crippen molar-refractivity contribution < 1.29 is 19.7 Å². The molecule has 1 aliphatic heterocycles. The van der Waals surface area contributed by atoms with Gasteiger partial charge in [-0.05, 0) is 18.1 Å². The Bertz CT molecular complexity index is 946. The van der Waals surface area contributed by atoms with E-state index in [2.05, 4.69) is 15.0 Å². The van der Waals surface area contributed by atoms with Crippen LogP contribution in [0.3, 0.4) is 0 Å². The van der Waals surface area contributed by atoms with Gasteiger partial charge in [0.25, 0.3) is 0 Å². The molecule has 0 saturated carbocycles.